The van der Waals surface area contributed by atoms with Crippen molar-refractivity contribution in [3.8, 4) is 0 Å². The Hall–Kier alpha value is -1.90. The Balaban J connectivity index is 1.29. The van der Waals surface area contributed by atoms with Crippen LogP contribution in [0.15, 0.2) is 42.0 Å². The average molecular weight is 463 g/mol. The van der Waals surface area contributed by atoms with Crippen molar-refractivity contribution >= 4 is 12.3 Å². The summed E-state index contributed by atoms with van der Waals surface area (Å²) in [6.07, 6.45) is 15.0. The van der Waals surface area contributed by atoms with Crippen LogP contribution in [0.25, 0.3) is 0 Å². The molecule has 0 spiro atoms. The lowest BCUT2D eigenvalue weighted by Gasteiger charge is -2.58. The Morgan fingerprint density at radius 3 is 2.65 bits per heavy atom. The van der Waals surface area contributed by atoms with Crippen molar-refractivity contribution in [1.29, 1.82) is 0 Å². The predicted molar refractivity (Wildman–Crippen MR) is 135 cm³/mol. The average Bonchev–Trinajstić information content (AvgIpc) is 3.20. The van der Waals surface area contributed by atoms with Gasteiger partial charge >= 0.3 is 5.97 Å². The molecule has 0 bridgehead atoms. The molecule has 0 aromatic heterocycles. The number of aldehydes is 1. The van der Waals surface area contributed by atoms with Gasteiger partial charge in [0, 0.05) is 12.8 Å². The Bertz CT molecular complexity index is 935. The summed E-state index contributed by atoms with van der Waals surface area (Å²) in [4.78, 5) is 23.6. The molecule has 3 nitrogen and oxygen atoms in total. The van der Waals surface area contributed by atoms with Gasteiger partial charge in [-0.15, -0.1) is 0 Å². The van der Waals surface area contributed by atoms with E-state index < -0.39 is 0 Å². The number of benzene rings is 1. The Morgan fingerprint density at radius 2 is 1.88 bits per heavy atom. The number of hydrogen-bond donors (Lipinski definition) is 0. The molecule has 0 N–H and O–H groups in total. The number of esters is 1. The fourth-order valence-corrected chi connectivity index (χ4v) is 9.03. The standard InChI is InChI=1S/C31H42O3/c1-21(8-7-19-32)26-13-14-27-25-12-11-23-20-24(34-29(33)22-9-5-4-6-10-22)15-17-30(23,2)28(25)16-18-31(26,27)3/h4-6,9-11,19,21,24-28H,7-8,12-18,20H2,1-3H3/t21-,24+,25+,26-,27+,28+,30+,31-/m1/s1. The largest absolute Gasteiger partial charge is 0.458 e. The van der Waals surface area contributed by atoms with Crippen LogP contribution in [-0.2, 0) is 9.53 Å². The maximum atomic E-state index is 12.6. The third kappa shape index (κ3) is 3.97. The normalized spacial score (nSPS) is 39.7. The molecule has 0 aliphatic heterocycles. The zero-order valence-corrected chi connectivity index (χ0v) is 21.3. The van der Waals surface area contributed by atoms with Gasteiger partial charge in [-0.1, -0.05) is 50.6 Å². The summed E-state index contributed by atoms with van der Waals surface area (Å²) in [5.41, 5.74) is 2.91. The number of ether oxygens (including phenoxy) is 1. The fraction of sp³-hybridized carbons (Fsp3) is 0.677. The van der Waals surface area contributed by atoms with Crippen LogP contribution < -0.4 is 0 Å². The van der Waals surface area contributed by atoms with Crippen molar-refractivity contribution in [1.82, 2.24) is 0 Å². The summed E-state index contributed by atoms with van der Waals surface area (Å²) in [5, 5.41) is 0. The molecule has 3 fully saturated rings. The summed E-state index contributed by atoms with van der Waals surface area (Å²) >= 11 is 0. The predicted octanol–water partition coefficient (Wildman–Crippen LogP) is 7.41. The first-order valence-corrected chi connectivity index (χ1v) is 13.8. The molecule has 1 aromatic rings. The number of rotatable bonds is 6. The second-order valence-electron chi connectivity index (χ2n) is 12.3. The molecule has 0 unspecified atom stereocenters. The highest BCUT2D eigenvalue weighted by molar-refractivity contribution is 5.89. The first-order valence-electron chi connectivity index (χ1n) is 13.8. The van der Waals surface area contributed by atoms with E-state index in [1.165, 1.54) is 32.1 Å². The van der Waals surface area contributed by atoms with Crippen LogP contribution in [0.4, 0.5) is 0 Å². The fourth-order valence-electron chi connectivity index (χ4n) is 9.03. The molecule has 0 saturated heterocycles. The van der Waals surface area contributed by atoms with E-state index in [0.29, 0.717) is 23.3 Å². The second-order valence-corrected chi connectivity index (χ2v) is 12.3. The highest BCUT2D eigenvalue weighted by Crippen LogP contribution is 2.67. The van der Waals surface area contributed by atoms with E-state index in [2.05, 4.69) is 26.8 Å². The molecule has 0 amide bonds. The molecule has 0 heterocycles. The number of fused-ring (bicyclic) bond motifs is 5. The Labute approximate surface area is 205 Å². The zero-order chi connectivity index (χ0) is 23.9. The van der Waals surface area contributed by atoms with Gasteiger partial charge in [0.1, 0.15) is 12.4 Å². The summed E-state index contributed by atoms with van der Waals surface area (Å²) in [6.45, 7) is 7.50. The van der Waals surface area contributed by atoms with Crippen LogP contribution in [-0.4, -0.2) is 18.4 Å². The first kappa shape index (κ1) is 23.8. The molecular formula is C31H42O3. The third-order valence-corrected chi connectivity index (χ3v) is 10.8. The second kappa shape index (κ2) is 9.28. The highest BCUT2D eigenvalue weighted by atomic mass is 16.5. The lowest BCUT2D eigenvalue weighted by Crippen LogP contribution is -2.51. The van der Waals surface area contributed by atoms with Gasteiger partial charge in [-0.2, -0.15) is 0 Å². The van der Waals surface area contributed by atoms with Crippen LogP contribution >= 0.6 is 0 Å². The molecule has 5 rings (SSSR count). The highest BCUT2D eigenvalue weighted by Gasteiger charge is 2.59. The SMILES string of the molecule is C[C@H](CCC=O)[C@H]1CC[C@H]2[C@@H]3CC=C4C[C@@H](OC(=O)c5ccccc5)CC[C@]4(C)[C@H]3CC[C@]12C. The van der Waals surface area contributed by atoms with E-state index in [9.17, 15) is 9.59 Å². The van der Waals surface area contributed by atoms with Crippen molar-refractivity contribution in [2.24, 2.45) is 40.4 Å². The molecule has 8 atom stereocenters. The van der Waals surface area contributed by atoms with Crippen molar-refractivity contribution in [3.05, 3.63) is 47.5 Å². The van der Waals surface area contributed by atoms with E-state index >= 15 is 0 Å². The van der Waals surface area contributed by atoms with Crippen LogP contribution in [0, 0.1) is 40.4 Å². The Kier molecular flexibility index (Phi) is 6.50. The quantitative estimate of drug-likeness (QED) is 0.251. The maximum Gasteiger partial charge on any atom is 0.338 e. The van der Waals surface area contributed by atoms with E-state index in [4.69, 9.17) is 4.74 Å². The van der Waals surface area contributed by atoms with Gasteiger partial charge in [0.05, 0.1) is 5.56 Å². The van der Waals surface area contributed by atoms with Gasteiger partial charge in [-0.3, -0.25) is 0 Å². The molecule has 1 aromatic carbocycles. The number of hydrogen-bond acceptors (Lipinski definition) is 3. The van der Waals surface area contributed by atoms with Crippen LogP contribution in [0.2, 0.25) is 0 Å². The lowest BCUT2D eigenvalue weighted by atomic mass is 9.47. The van der Waals surface area contributed by atoms with Gasteiger partial charge in [-0.25, -0.2) is 4.79 Å². The number of carbonyl (C=O) groups excluding carboxylic acids is 2. The van der Waals surface area contributed by atoms with E-state index in [-0.39, 0.29) is 17.5 Å². The van der Waals surface area contributed by atoms with Gasteiger partial charge in [-0.05, 0) is 104 Å². The topological polar surface area (TPSA) is 43.4 Å². The minimum absolute atomic E-state index is 0.00645. The molecule has 3 saturated carbocycles. The van der Waals surface area contributed by atoms with Crippen molar-refractivity contribution < 1.29 is 14.3 Å². The summed E-state index contributed by atoms with van der Waals surface area (Å²) in [7, 11) is 0. The molecule has 4 aliphatic carbocycles. The molecule has 3 heteroatoms. The maximum absolute atomic E-state index is 12.6. The summed E-state index contributed by atoms with van der Waals surface area (Å²) in [5.74, 6) is 3.61. The molecule has 4 aliphatic rings. The minimum atomic E-state index is -0.183. The van der Waals surface area contributed by atoms with E-state index in [1.54, 1.807) is 5.57 Å². The van der Waals surface area contributed by atoms with Gasteiger partial charge < -0.3 is 9.53 Å². The Morgan fingerprint density at radius 1 is 1.09 bits per heavy atom. The minimum Gasteiger partial charge on any atom is -0.458 e. The molecule has 184 valence electrons. The van der Waals surface area contributed by atoms with Gasteiger partial charge in [0.2, 0.25) is 0 Å². The summed E-state index contributed by atoms with van der Waals surface area (Å²) in [6, 6.07) is 9.40. The van der Waals surface area contributed by atoms with Crippen LogP contribution in [0.5, 0.6) is 0 Å². The van der Waals surface area contributed by atoms with Gasteiger partial charge in [0.25, 0.3) is 0 Å². The van der Waals surface area contributed by atoms with Crippen LogP contribution in [0.3, 0.4) is 0 Å². The monoisotopic (exact) mass is 462 g/mol. The van der Waals surface area contributed by atoms with Gasteiger partial charge in [0.15, 0.2) is 0 Å². The third-order valence-electron chi connectivity index (χ3n) is 10.8. The van der Waals surface area contributed by atoms with Crippen LogP contribution in [0.1, 0.15) is 95.3 Å². The zero-order valence-electron chi connectivity index (χ0n) is 21.3. The smallest absolute Gasteiger partial charge is 0.338 e. The van der Waals surface area contributed by atoms with Crippen molar-refractivity contribution in [2.75, 3.05) is 0 Å². The van der Waals surface area contributed by atoms with E-state index in [0.717, 1.165) is 55.6 Å². The number of allylic oxidation sites excluding steroid dienone is 1. The molecule has 0 radical (unpaired) electrons. The summed E-state index contributed by atoms with van der Waals surface area (Å²) < 4.78 is 5.96. The van der Waals surface area contributed by atoms with Crippen molar-refractivity contribution in [2.45, 2.75) is 91.1 Å². The van der Waals surface area contributed by atoms with Crippen molar-refractivity contribution in [3.63, 3.8) is 0 Å². The molecule has 34 heavy (non-hydrogen) atoms. The lowest BCUT2D eigenvalue weighted by molar-refractivity contribution is -0.108. The molecular weight excluding hydrogens is 420 g/mol. The first-order chi connectivity index (χ1) is 16.4. The van der Waals surface area contributed by atoms with E-state index in [1.807, 2.05) is 30.3 Å². The number of carbonyl (C=O) groups is 2.